The van der Waals surface area contributed by atoms with Crippen molar-refractivity contribution in [2.75, 3.05) is 43.9 Å². The largest absolute Gasteiger partial charge is 0.369 e. The number of carbonyl (C=O) groups excluding carboxylic acids is 1. The van der Waals surface area contributed by atoms with E-state index in [4.69, 9.17) is 0 Å². The van der Waals surface area contributed by atoms with Gasteiger partial charge in [-0.25, -0.2) is 17.2 Å². The van der Waals surface area contributed by atoms with E-state index in [9.17, 15) is 22.0 Å². The molecule has 2 aromatic rings. The number of anilines is 1. The quantitative estimate of drug-likeness (QED) is 0.678. The van der Waals surface area contributed by atoms with Crippen molar-refractivity contribution in [3.63, 3.8) is 0 Å². The molecule has 1 saturated heterocycles. The third-order valence-corrected chi connectivity index (χ3v) is 7.47. The van der Waals surface area contributed by atoms with Gasteiger partial charge in [0.2, 0.25) is 15.9 Å². The smallest absolute Gasteiger partial charge is 0.239 e. The Morgan fingerprint density at radius 1 is 1.06 bits per heavy atom. The first kappa shape index (κ1) is 23.1. The molecule has 31 heavy (non-hydrogen) atoms. The zero-order valence-electron chi connectivity index (χ0n) is 17.9. The Morgan fingerprint density at radius 2 is 1.74 bits per heavy atom. The Labute approximate surface area is 182 Å². The molecule has 6 nitrogen and oxygen atoms in total. The molecule has 0 spiro atoms. The van der Waals surface area contributed by atoms with Gasteiger partial charge in [0, 0.05) is 38.9 Å². The van der Waals surface area contributed by atoms with Crippen LogP contribution in [0.5, 0.6) is 0 Å². The molecule has 0 aromatic heterocycles. The molecule has 1 amide bonds. The molecule has 1 heterocycles. The number of carbonyl (C=O) groups is 1. The van der Waals surface area contributed by atoms with Crippen LogP contribution < -0.4 is 4.90 Å². The molecule has 0 bridgehead atoms. The van der Waals surface area contributed by atoms with Crippen molar-refractivity contribution in [1.29, 1.82) is 0 Å². The highest BCUT2D eigenvalue weighted by Gasteiger charge is 2.31. The molecule has 1 fully saturated rings. The van der Waals surface area contributed by atoms with Crippen LogP contribution in [0.3, 0.4) is 0 Å². The molecule has 1 aliphatic rings. The molecule has 0 saturated carbocycles. The van der Waals surface area contributed by atoms with E-state index < -0.39 is 39.4 Å². The maximum atomic E-state index is 13.5. The SMILES string of the molecule is Cc1cccc(N2CCN(S(=O)(=O)CC(=O)N(C)C(C)c3ccc(F)c(F)c3)CC2)c1. The second-order valence-corrected chi connectivity index (χ2v) is 9.80. The van der Waals surface area contributed by atoms with Gasteiger partial charge in [0.05, 0.1) is 6.04 Å². The van der Waals surface area contributed by atoms with Crippen LogP contribution in [0.4, 0.5) is 14.5 Å². The van der Waals surface area contributed by atoms with Gasteiger partial charge in [-0.2, -0.15) is 4.31 Å². The maximum Gasteiger partial charge on any atom is 0.239 e. The summed E-state index contributed by atoms with van der Waals surface area (Å²) in [7, 11) is -2.33. The maximum absolute atomic E-state index is 13.5. The van der Waals surface area contributed by atoms with Gasteiger partial charge in [-0.15, -0.1) is 0 Å². The molecule has 0 radical (unpaired) electrons. The van der Waals surface area contributed by atoms with Crippen LogP contribution in [0.1, 0.15) is 24.1 Å². The van der Waals surface area contributed by atoms with Gasteiger partial charge >= 0.3 is 0 Å². The number of aryl methyl sites for hydroxylation is 1. The zero-order chi connectivity index (χ0) is 22.8. The highest BCUT2D eigenvalue weighted by molar-refractivity contribution is 7.89. The van der Waals surface area contributed by atoms with Crippen molar-refractivity contribution < 1.29 is 22.0 Å². The number of piperazine rings is 1. The highest BCUT2D eigenvalue weighted by atomic mass is 32.2. The number of halogens is 2. The average Bonchev–Trinajstić information content (AvgIpc) is 2.74. The molecule has 168 valence electrons. The molecule has 1 unspecified atom stereocenters. The van der Waals surface area contributed by atoms with Gasteiger partial charge in [0.1, 0.15) is 5.75 Å². The highest BCUT2D eigenvalue weighted by Crippen LogP contribution is 2.22. The van der Waals surface area contributed by atoms with E-state index in [1.54, 1.807) is 6.92 Å². The van der Waals surface area contributed by atoms with Crippen molar-refractivity contribution in [3.05, 3.63) is 65.2 Å². The van der Waals surface area contributed by atoms with Crippen molar-refractivity contribution in [2.24, 2.45) is 0 Å². The van der Waals surface area contributed by atoms with E-state index in [-0.39, 0.29) is 0 Å². The minimum absolute atomic E-state index is 0.298. The molecule has 9 heteroatoms. The first-order chi connectivity index (χ1) is 14.6. The summed E-state index contributed by atoms with van der Waals surface area (Å²) in [6, 6.07) is 10.8. The summed E-state index contributed by atoms with van der Waals surface area (Å²) in [4.78, 5) is 16.0. The number of amides is 1. The third kappa shape index (κ3) is 5.40. The monoisotopic (exact) mass is 451 g/mol. The van der Waals surface area contributed by atoms with Gasteiger partial charge in [0.15, 0.2) is 11.6 Å². The van der Waals surface area contributed by atoms with Gasteiger partial charge in [0.25, 0.3) is 0 Å². The lowest BCUT2D eigenvalue weighted by molar-refractivity contribution is -0.129. The van der Waals surface area contributed by atoms with E-state index in [2.05, 4.69) is 11.0 Å². The summed E-state index contributed by atoms with van der Waals surface area (Å²) in [5.41, 5.74) is 2.57. The number of sulfonamides is 1. The second-order valence-electron chi connectivity index (χ2n) is 7.84. The van der Waals surface area contributed by atoms with Crippen LogP contribution in [0.15, 0.2) is 42.5 Å². The summed E-state index contributed by atoms with van der Waals surface area (Å²) in [5.74, 6) is -3.25. The molecule has 2 aromatic carbocycles. The van der Waals surface area contributed by atoms with Crippen LogP contribution in [0, 0.1) is 18.6 Å². The Morgan fingerprint density at radius 3 is 2.35 bits per heavy atom. The van der Waals surface area contributed by atoms with Crippen molar-refractivity contribution in [1.82, 2.24) is 9.21 Å². The van der Waals surface area contributed by atoms with Crippen molar-refractivity contribution in [3.8, 4) is 0 Å². The lowest BCUT2D eigenvalue weighted by atomic mass is 10.1. The average molecular weight is 452 g/mol. The Bertz CT molecular complexity index is 1050. The molecule has 0 N–H and O–H groups in total. The van der Waals surface area contributed by atoms with E-state index in [0.29, 0.717) is 31.7 Å². The molecular formula is C22H27F2N3O3S. The van der Waals surface area contributed by atoms with Crippen LogP contribution in [-0.2, 0) is 14.8 Å². The molecular weight excluding hydrogens is 424 g/mol. The van der Waals surface area contributed by atoms with E-state index in [1.165, 1.54) is 22.3 Å². The van der Waals surface area contributed by atoms with Gasteiger partial charge < -0.3 is 9.80 Å². The topological polar surface area (TPSA) is 60.9 Å². The molecule has 0 aliphatic carbocycles. The summed E-state index contributed by atoms with van der Waals surface area (Å²) >= 11 is 0. The lowest BCUT2D eigenvalue weighted by Gasteiger charge is -2.35. The van der Waals surface area contributed by atoms with Crippen LogP contribution >= 0.6 is 0 Å². The van der Waals surface area contributed by atoms with Crippen LogP contribution in [0.2, 0.25) is 0 Å². The first-order valence-electron chi connectivity index (χ1n) is 10.1. The minimum atomic E-state index is -3.79. The Hall–Kier alpha value is -2.52. The molecule has 1 atom stereocenters. The Kier molecular flexibility index (Phi) is 6.96. The number of rotatable bonds is 6. The second kappa shape index (κ2) is 9.32. The normalized spacial score (nSPS) is 16.2. The first-order valence-corrected chi connectivity index (χ1v) is 11.7. The molecule has 1 aliphatic heterocycles. The summed E-state index contributed by atoms with van der Waals surface area (Å²) in [5, 5.41) is 0. The fraction of sp³-hybridized carbons (Fsp3) is 0.409. The van der Waals surface area contributed by atoms with E-state index in [1.807, 2.05) is 25.1 Å². The zero-order valence-corrected chi connectivity index (χ0v) is 18.7. The predicted molar refractivity (Wildman–Crippen MR) is 116 cm³/mol. The Balaban J connectivity index is 1.61. The van der Waals surface area contributed by atoms with Crippen LogP contribution in [-0.4, -0.2) is 62.5 Å². The van der Waals surface area contributed by atoms with E-state index in [0.717, 1.165) is 23.4 Å². The molecule has 3 rings (SSSR count). The number of benzene rings is 2. The number of nitrogens with zero attached hydrogens (tertiary/aromatic N) is 3. The minimum Gasteiger partial charge on any atom is -0.369 e. The third-order valence-electron chi connectivity index (χ3n) is 5.71. The summed E-state index contributed by atoms with van der Waals surface area (Å²) in [6.07, 6.45) is 0. The van der Waals surface area contributed by atoms with E-state index >= 15 is 0 Å². The fourth-order valence-electron chi connectivity index (χ4n) is 3.61. The van der Waals surface area contributed by atoms with Gasteiger partial charge in [-0.3, -0.25) is 4.79 Å². The summed E-state index contributed by atoms with van der Waals surface area (Å²) in [6.45, 7) is 5.32. The predicted octanol–water partition coefficient (Wildman–Crippen LogP) is 2.94. The lowest BCUT2D eigenvalue weighted by Crippen LogP contribution is -2.50. The summed E-state index contributed by atoms with van der Waals surface area (Å²) < 4.78 is 53.6. The van der Waals surface area contributed by atoms with Crippen molar-refractivity contribution in [2.45, 2.75) is 19.9 Å². The standard InChI is InChI=1S/C22H27F2N3O3S/c1-16-5-4-6-19(13-16)26-9-11-27(12-10-26)31(29,30)15-22(28)25(3)17(2)18-7-8-20(23)21(24)14-18/h4-8,13-14,17H,9-12,15H2,1-3H3. The van der Waals surface area contributed by atoms with Gasteiger partial charge in [-0.05, 0) is 49.2 Å². The number of hydrogen-bond acceptors (Lipinski definition) is 4. The van der Waals surface area contributed by atoms with Crippen molar-refractivity contribution >= 4 is 21.6 Å². The number of hydrogen-bond donors (Lipinski definition) is 0. The fourth-order valence-corrected chi connectivity index (χ4v) is 5.03. The van der Waals surface area contributed by atoms with Crippen LogP contribution in [0.25, 0.3) is 0 Å². The van der Waals surface area contributed by atoms with Gasteiger partial charge in [-0.1, -0.05) is 18.2 Å².